The van der Waals surface area contributed by atoms with E-state index in [4.69, 9.17) is 4.74 Å². The number of pyridine rings is 2. The molecule has 0 amide bonds. The molecule has 2 fully saturated rings. The fourth-order valence-corrected chi connectivity index (χ4v) is 6.01. The molecule has 4 heterocycles. The molecule has 6 rings (SSSR count). The van der Waals surface area contributed by atoms with Crippen molar-refractivity contribution in [2.24, 2.45) is 0 Å². The van der Waals surface area contributed by atoms with Crippen LogP contribution in [0.25, 0.3) is 21.8 Å². The fraction of sp³-hybridized carbons (Fsp3) is 0.379. The maximum Gasteiger partial charge on any atom is 0.417 e. The third-order valence-electron chi connectivity index (χ3n) is 8.00. The lowest BCUT2D eigenvalue weighted by Gasteiger charge is -2.44. The molecule has 2 aromatic carbocycles. The summed E-state index contributed by atoms with van der Waals surface area (Å²) in [4.78, 5) is 15.7. The molecule has 0 aliphatic carbocycles. The topological polar surface area (TPSA) is 44.7 Å². The van der Waals surface area contributed by atoms with Crippen LogP contribution in [0.1, 0.15) is 18.4 Å². The minimum Gasteiger partial charge on any atom is -0.497 e. The van der Waals surface area contributed by atoms with Crippen molar-refractivity contribution in [3.05, 3.63) is 66.2 Å². The molecule has 2 aliphatic heterocycles. The summed E-state index contributed by atoms with van der Waals surface area (Å²) < 4.78 is 60.7. The number of halogens is 4. The van der Waals surface area contributed by atoms with Crippen molar-refractivity contribution in [2.45, 2.75) is 25.1 Å². The Morgan fingerprint density at radius 2 is 1.54 bits per heavy atom. The van der Waals surface area contributed by atoms with Crippen LogP contribution in [0, 0.1) is 5.82 Å². The van der Waals surface area contributed by atoms with Crippen LogP contribution in [0.4, 0.5) is 28.9 Å². The number of methoxy groups -OCH3 is 1. The van der Waals surface area contributed by atoms with Crippen molar-refractivity contribution < 1.29 is 22.3 Å². The van der Waals surface area contributed by atoms with E-state index in [1.165, 1.54) is 0 Å². The molecule has 10 heteroatoms. The number of anilines is 2. The summed E-state index contributed by atoms with van der Waals surface area (Å²) in [5.41, 5.74) is 1.68. The van der Waals surface area contributed by atoms with Crippen molar-refractivity contribution >= 4 is 33.2 Å². The van der Waals surface area contributed by atoms with Crippen LogP contribution >= 0.6 is 0 Å². The minimum absolute atomic E-state index is 0.0658. The van der Waals surface area contributed by atoms with Crippen LogP contribution in [0.5, 0.6) is 5.75 Å². The molecule has 2 saturated heterocycles. The zero-order valence-corrected chi connectivity index (χ0v) is 21.6. The van der Waals surface area contributed by atoms with Crippen LogP contribution < -0.4 is 14.5 Å². The molecular weight excluding hydrogens is 510 g/mol. The number of hydrogen-bond acceptors (Lipinski definition) is 6. The van der Waals surface area contributed by atoms with Crippen molar-refractivity contribution in [1.29, 1.82) is 0 Å². The summed E-state index contributed by atoms with van der Waals surface area (Å²) in [5.74, 6) is -0.0913. The lowest BCUT2D eigenvalue weighted by molar-refractivity contribution is -0.136. The number of hydrogen-bond donors (Lipinski definition) is 0. The zero-order valence-electron chi connectivity index (χ0n) is 21.6. The standard InChI is InChI=1S/C29H29F4N5O/c1-39-21-17-19-3-2-9-34-27(19)25(18-21)38-15-13-36(14-16-38)20-7-11-37(12-8-20)24-5-4-23(30)26-22(29(31,32)33)6-10-35-28(24)26/h2-6,9-10,17-18,20H,7-8,11-16H2,1H3. The number of alkyl halides is 3. The van der Waals surface area contributed by atoms with E-state index in [-0.39, 0.29) is 5.52 Å². The van der Waals surface area contributed by atoms with Crippen molar-refractivity contribution in [3.8, 4) is 5.75 Å². The Balaban J connectivity index is 1.14. The molecule has 204 valence electrons. The van der Waals surface area contributed by atoms with Crippen LogP contribution in [0.15, 0.2) is 54.9 Å². The first-order valence-electron chi connectivity index (χ1n) is 13.1. The van der Waals surface area contributed by atoms with Crippen molar-refractivity contribution in [2.75, 3.05) is 56.2 Å². The van der Waals surface area contributed by atoms with Gasteiger partial charge in [0.15, 0.2) is 0 Å². The summed E-state index contributed by atoms with van der Waals surface area (Å²) in [6.07, 6.45) is 0.0273. The Hall–Kier alpha value is -3.66. The molecule has 0 spiro atoms. The number of fused-ring (bicyclic) bond motifs is 2. The predicted molar refractivity (Wildman–Crippen MR) is 144 cm³/mol. The summed E-state index contributed by atoms with van der Waals surface area (Å²) in [6.45, 7) is 4.90. The van der Waals surface area contributed by atoms with Gasteiger partial charge < -0.3 is 14.5 Å². The normalized spacial score (nSPS) is 17.8. The summed E-state index contributed by atoms with van der Waals surface area (Å²) in [6, 6.07) is 11.9. The average molecular weight is 540 g/mol. The quantitative estimate of drug-likeness (QED) is 0.308. The molecule has 0 radical (unpaired) electrons. The Labute approximate surface area is 223 Å². The molecule has 0 saturated carbocycles. The average Bonchev–Trinajstić information content (AvgIpc) is 2.96. The first-order valence-corrected chi connectivity index (χ1v) is 13.1. The van der Waals surface area contributed by atoms with Gasteiger partial charge in [-0.1, -0.05) is 6.07 Å². The second kappa shape index (κ2) is 10.1. The fourth-order valence-electron chi connectivity index (χ4n) is 6.01. The molecule has 0 atom stereocenters. The van der Waals surface area contributed by atoms with Gasteiger partial charge in [-0.25, -0.2) is 4.39 Å². The monoisotopic (exact) mass is 539 g/mol. The highest BCUT2D eigenvalue weighted by Crippen LogP contribution is 2.39. The molecule has 2 aliphatic rings. The van der Waals surface area contributed by atoms with E-state index < -0.39 is 22.9 Å². The number of ether oxygens (including phenoxy) is 1. The summed E-state index contributed by atoms with van der Waals surface area (Å²) >= 11 is 0. The SMILES string of the molecule is COc1cc(N2CCN(C3CCN(c4ccc(F)c5c(C(F)(F)F)ccnc45)CC3)CC2)c2ncccc2c1. The van der Waals surface area contributed by atoms with Gasteiger partial charge in [0.2, 0.25) is 0 Å². The van der Waals surface area contributed by atoms with Gasteiger partial charge in [0.05, 0.1) is 40.5 Å². The number of piperidine rings is 1. The minimum atomic E-state index is -4.65. The zero-order chi connectivity index (χ0) is 27.1. The first kappa shape index (κ1) is 25.6. The number of rotatable bonds is 4. The lowest BCUT2D eigenvalue weighted by atomic mass is 10.00. The highest BCUT2D eigenvalue weighted by atomic mass is 19.4. The van der Waals surface area contributed by atoms with Crippen molar-refractivity contribution in [1.82, 2.24) is 14.9 Å². The largest absolute Gasteiger partial charge is 0.497 e. The van der Waals surface area contributed by atoms with E-state index in [1.54, 1.807) is 13.2 Å². The van der Waals surface area contributed by atoms with E-state index in [0.717, 1.165) is 79.7 Å². The van der Waals surface area contributed by atoms with Gasteiger partial charge in [-0.05, 0) is 43.2 Å². The summed E-state index contributed by atoms with van der Waals surface area (Å²) in [7, 11) is 1.67. The van der Waals surface area contributed by atoms with Crippen LogP contribution in [0.2, 0.25) is 0 Å². The molecular formula is C29H29F4N5O. The molecule has 0 N–H and O–H groups in total. The Morgan fingerprint density at radius 3 is 2.26 bits per heavy atom. The van der Waals surface area contributed by atoms with Gasteiger partial charge in [0.25, 0.3) is 0 Å². The highest BCUT2D eigenvalue weighted by Gasteiger charge is 2.35. The maximum absolute atomic E-state index is 14.5. The highest BCUT2D eigenvalue weighted by molar-refractivity contribution is 5.94. The second-order valence-corrected chi connectivity index (χ2v) is 10.1. The Kier molecular flexibility index (Phi) is 6.66. The van der Waals surface area contributed by atoms with E-state index >= 15 is 0 Å². The third kappa shape index (κ3) is 4.82. The second-order valence-electron chi connectivity index (χ2n) is 10.1. The lowest BCUT2D eigenvalue weighted by Crippen LogP contribution is -2.53. The van der Waals surface area contributed by atoms with Crippen LogP contribution in [-0.4, -0.2) is 67.3 Å². The van der Waals surface area contributed by atoms with Gasteiger partial charge in [-0.15, -0.1) is 0 Å². The van der Waals surface area contributed by atoms with Gasteiger partial charge in [-0.2, -0.15) is 13.2 Å². The molecule has 0 unspecified atom stereocenters. The number of nitrogens with zero attached hydrogens (tertiary/aromatic N) is 5. The van der Waals surface area contributed by atoms with Gasteiger partial charge in [-0.3, -0.25) is 14.9 Å². The Bertz CT molecular complexity index is 1490. The maximum atomic E-state index is 14.5. The third-order valence-corrected chi connectivity index (χ3v) is 8.00. The molecule has 4 aromatic rings. The van der Waals surface area contributed by atoms with Crippen LogP contribution in [-0.2, 0) is 6.18 Å². The van der Waals surface area contributed by atoms with Crippen LogP contribution in [0.3, 0.4) is 0 Å². The van der Waals surface area contributed by atoms with Gasteiger partial charge in [0.1, 0.15) is 11.6 Å². The first-order chi connectivity index (χ1) is 18.8. The molecule has 0 bridgehead atoms. The van der Waals surface area contributed by atoms with Gasteiger partial charge in [0, 0.05) is 69.2 Å². The number of piperazine rings is 1. The molecule has 2 aromatic heterocycles. The predicted octanol–water partition coefficient (Wildman–Crippen LogP) is 5.74. The summed E-state index contributed by atoms with van der Waals surface area (Å²) in [5, 5.41) is 0.590. The Morgan fingerprint density at radius 1 is 0.821 bits per heavy atom. The van der Waals surface area contributed by atoms with E-state index in [2.05, 4.69) is 25.8 Å². The van der Waals surface area contributed by atoms with E-state index in [0.29, 0.717) is 24.8 Å². The van der Waals surface area contributed by atoms with Gasteiger partial charge >= 0.3 is 6.18 Å². The van der Waals surface area contributed by atoms with Crippen molar-refractivity contribution in [3.63, 3.8) is 0 Å². The molecule has 6 nitrogen and oxygen atoms in total. The smallest absolute Gasteiger partial charge is 0.417 e. The van der Waals surface area contributed by atoms with E-state index in [9.17, 15) is 17.6 Å². The number of aromatic nitrogens is 2. The molecule has 39 heavy (non-hydrogen) atoms. The van der Waals surface area contributed by atoms with E-state index in [1.807, 2.05) is 29.3 Å². The number of benzene rings is 2.